The summed E-state index contributed by atoms with van der Waals surface area (Å²) >= 11 is 0. The summed E-state index contributed by atoms with van der Waals surface area (Å²) in [6, 6.07) is 23.7. The monoisotopic (exact) mass is 534 g/mol. The number of aliphatic imine (C=N–C) groups is 1. The Morgan fingerprint density at radius 3 is 1.92 bits per heavy atom. The maximum absolute atomic E-state index is 14.0. The highest BCUT2D eigenvalue weighted by Crippen LogP contribution is 2.55. The first-order valence-corrected chi connectivity index (χ1v) is 14.5. The molecule has 0 aliphatic heterocycles. The molecular weight excluding hydrogens is 499 g/mol. The van der Waals surface area contributed by atoms with Crippen molar-refractivity contribution in [3.8, 4) is 11.1 Å². The predicted octanol–water partition coefficient (Wildman–Crippen LogP) is 7.10. The lowest BCUT2D eigenvalue weighted by Crippen LogP contribution is -2.40. The highest BCUT2D eigenvalue weighted by Gasteiger charge is 2.43. The van der Waals surface area contributed by atoms with Gasteiger partial charge in [-0.05, 0) is 50.8 Å². The molecular formula is C30H35N2O5P. The molecule has 0 radical (unpaired) electrons. The lowest BCUT2D eigenvalue weighted by Gasteiger charge is -2.31. The van der Waals surface area contributed by atoms with Crippen LogP contribution in [-0.4, -0.2) is 34.2 Å². The highest BCUT2D eigenvalue weighted by atomic mass is 31.2. The van der Waals surface area contributed by atoms with Crippen molar-refractivity contribution in [3.05, 3.63) is 95.6 Å². The molecule has 7 nitrogen and oxygen atoms in total. The third-order valence-electron chi connectivity index (χ3n) is 6.29. The van der Waals surface area contributed by atoms with Gasteiger partial charge in [-0.2, -0.15) is 0 Å². The summed E-state index contributed by atoms with van der Waals surface area (Å²) in [5, 5.41) is 2.83. The number of alkyl carbamates (subject to hydrolysis) is 1. The topological polar surface area (TPSA) is 97.2 Å². The van der Waals surface area contributed by atoms with Crippen molar-refractivity contribution < 1.29 is 23.5 Å². The van der Waals surface area contributed by atoms with E-state index in [0.29, 0.717) is 17.7 Å². The molecule has 0 bridgehead atoms. The fourth-order valence-electron chi connectivity index (χ4n) is 4.42. The number of carbonyl (C=O) groups is 1. The predicted molar refractivity (Wildman–Crippen MR) is 151 cm³/mol. The van der Waals surface area contributed by atoms with Gasteiger partial charge in [-0.3, -0.25) is 9.56 Å². The minimum Gasteiger partial charge on any atom is -0.444 e. The van der Waals surface area contributed by atoms with Gasteiger partial charge in [0.25, 0.3) is 0 Å². The number of rotatable bonds is 8. The molecule has 1 amide bonds. The Kier molecular flexibility index (Phi) is 8.22. The number of hydrogen-bond acceptors (Lipinski definition) is 5. The molecule has 1 aliphatic rings. The normalized spacial score (nSPS) is 16.4. The first-order chi connectivity index (χ1) is 18.0. The molecule has 8 heteroatoms. The zero-order valence-corrected chi connectivity index (χ0v) is 23.3. The summed E-state index contributed by atoms with van der Waals surface area (Å²) in [7, 11) is -4.44. The van der Waals surface area contributed by atoms with Crippen LogP contribution in [0.15, 0.2) is 83.9 Å². The molecule has 4 unspecified atom stereocenters. The minimum absolute atomic E-state index is 0.491. The molecule has 200 valence electrons. The van der Waals surface area contributed by atoms with Gasteiger partial charge in [0.2, 0.25) is 0 Å². The molecule has 0 saturated carbocycles. The second-order valence-corrected chi connectivity index (χ2v) is 12.3. The molecule has 0 heterocycles. The minimum atomic E-state index is -4.44. The molecule has 38 heavy (non-hydrogen) atoms. The molecule has 0 spiro atoms. The molecule has 0 aromatic heterocycles. The third-order valence-corrected chi connectivity index (χ3v) is 8.03. The van der Waals surface area contributed by atoms with Crippen LogP contribution in [0.5, 0.6) is 0 Å². The van der Waals surface area contributed by atoms with Crippen molar-refractivity contribution in [2.24, 2.45) is 4.99 Å². The molecule has 4 rings (SSSR count). The Morgan fingerprint density at radius 2 is 1.42 bits per heavy atom. The zero-order valence-electron chi connectivity index (χ0n) is 22.4. The van der Waals surface area contributed by atoms with Gasteiger partial charge in [0.1, 0.15) is 5.60 Å². The van der Waals surface area contributed by atoms with E-state index in [4.69, 9.17) is 14.3 Å². The largest absolute Gasteiger partial charge is 0.444 e. The maximum Gasteiger partial charge on any atom is 0.408 e. The molecule has 0 saturated heterocycles. The molecule has 1 aliphatic carbocycles. The van der Waals surface area contributed by atoms with Crippen LogP contribution in [0.25, 0.3) is 11.1 Å². The molecule has 3 aromatic rings. The standard InChI is InChI=1S/C30H35N2O5P/c1-6-20(2)37-38(34,35)28(26(21-14-8-7-9-15-21)32-29(33)36-30(3,4)5)31-27-24-18-12-10-16-22(24)23-17-11-13-19-25(23)27/h7-20,26,28H,6H2,1-5H3,(H,32,33)(H,34,35). The second kappa shape index (κ2) is 11.2. The van der Waals surface area contributed by atoms with Crippen LogP contribution < -0.4 is 5.32 Å². The number of nitrogens with zero attached hydrogens (tertiary/aromatic N) is 1. The van der Waals surface area contributed by atoms with E-state index >= 15 is 0 Å². The summed E-state index contributed by atoms with van der Waals surface area (Å²) in [4.78, 5) is 29.4. The van der Waals surface area contributed by atoms with E-state index in [1.165, 1.54) is 0 Å². The third kappa shape index (κ3) is 6.24. The van der Waals surface area contributed by atoms with Gasteiger partial charge < -0.3 is 19.5 Å². The Labute approximate surface area is 224 Å². The molecule has 3 aromatic carbocycles. The van der Waals surface area contributed by atoms with Gasteiger partial charge in [0.05, 0.1) is 17.9 Å². The van der Waals surface area contributed by atoms with Crippen LogP contribution in [-0.2, 0) is 13.8 Å². The number of nitrogens with one attached hydrogen (secondary N) is 1. The van der Waals surface area contributed by atoms with Crippen LogP contribution in [0.2, 0.25) is 0 Å². The van der Waals surface area contributed by atoms with E-state index < -0.39 is 37.2 Å². The van der Waals surface area contributed by atoms with Crippen molar-refractivity contribution in [3.63, 3.8) is 0 Å². The lowest BCUT2D eigenvalue weighted by atomic mass is 10.1. The van der Waals surface area contributed by atoms with Crippen molar-refractivity contribution in [2.45, 2.75) is 64.6 Å². The van der Waals surface area contributed by atoms with Gasteiger partial charge in [-0.1, -0.05) is 85.8 Å². The van der Waals surface area contributed by atoms with Crippen molar-refractivity contribution in [1.29, 1.82) is 0 Å². The van der Waals surface area contributed by atoms with Crippen LogP contribution in [0.3, 0.4) is 0 Å². The van der Waals surface area contributed by atoms with Crippen LogP contribution in [0, 0.1) is 0 Å². The van der Waals surface area contributed by atoms with E-state index in [0.717, 1.165) is 22.3 Å². The summed E-state index contributed by atoms with van der Waals surface area (Å²) in [6.07, 6.45) is -0.670. The summed E-state index contributed by atoms with van der Waals surface area (Å²) < 4.78 is 25.3. The number of ether oxygens (including phenoxy) is 1. The van der Waals surface area contributed by atoms with Crippen LogP contribution in [0.1, 0.15) is 63.8 Å². The van der Waals surface area contributed by atoms with E-state index in [2.05, 4.69) is 5.32 Å². The van der Waals surface area contributed by atoms with E-state index in [9.17, 15) is 14.3 Å². The number of amides is 1. The maximum atomic E-state index is 14.0. The number of carbonyl (C=O) groups excluding carboxylic acids is 1. The Hall–Kier alpha value is -3.25. The summed E-state index contributed by atoms with van der Waals surface area (Å²) in [6.45, 7) is 8.90. The van der Waals surface area contributed by atoms with Crippen molar-refractivity contribution >= 4 is 19.4 Å². The van der Waals surface area contributed by atoms with E-state index in [1.54, 1.807) is 52.0 Å². The van der Waals surface area contributed by atoms with Gasteiger partial charge in [0.15, 0.2) is 5.78 Å². The summed E-state index contributed by atoms with van der Waals surface area (Å²) in [5.41, 5.74) is 4.12. The van der Waals surface area contributed by atoms with Crippen LogP contribution >= 0.6 is 7.60 Å². The van der Waals surface area contributed by atoms with Gasteiger partial charge >= 0.3 is 13.7 Å². The smallest absolute Gasteiger partial charge is 0.408 e. The molecule has 4 atom stereocenters. The molecule has 0 fully saturated rings. The Balaban J connectivity index is 1.90. The first-order valence-electron chi connectivity index (χ1n) is 12.8. The first kappa shape index (κ1) is 27.8. The van der Waals surface area contributed by atoms with E-state index in [1.807, 2.05) is 61.5 Å². The van der Waals surface area contributed by atoms with Gasteiger partial charge in [-0.15, -0.1) is 0 Å². The SMILES string of the molecule is CCC(C)OP(=O)(O)C(N=C1c2ccccc2-c2ccccc21)C(NC(=O)OC(C)(C)C)c1ccccc1. The van der Waals surface area contributed by atoms with Crippen molar-refractivity contribution in [1.82, 2.24) is 5.32 Å². The Bertz CT molecular complexity index is 1320. The van der Waals surface area contributed by atoms with Gasteiger partial charge in [0, 0.05) is 11.1 Å². The fraction of sp³-hybridized carbons (Fsp3) is 0.333. The van der Waals surface area contributed by atoms with Crippen LogP contribution in [0.4, 0.5) is 4.79 Å². The van der Waals surface area contributed by atoms with E-state index in [-0.39, 0.29) is 0 Å². The average molecular weight is 535 g/mol. The van der Waals surface area contributed by atoms with Gasteiger partial charge in [-0.25, -0.2) is 4.79 Å². The zero-order chi connectivity index (χ0) is 27.5. The average Bonchev–Trinajstić information content (AvgIpc) is 3.19. The lowest BCUT2D eigenvalue weighted by molar-refractivity contribution is 0.0500. The number of hydrogen-bond donors (Lipinski definition) is 2. The number of fused-ring (bicyclic) bond motifs is 3. The fourth-order valence-corrected chi connectivity index (χ4v) is 6.10. The Morgan fingerprint density at radius 1 is 0.921 bits per heavy atom. The van der Waals surface area contributed by atoms with Crippen molar-refractivity contribution in [2.75, 3.05) is 0 Å². The highest BCUT2D eigenvalue weighted by molar-refractivity contribution is 7.53. The number of benzene rings is 3. The summed E-state index contributed by atoms with van der Waals surface area (Å²) in [5.74, 6) is -1.35. The second-order valence-electron chi connectivity index (χ2n) is 10.4. The molecule has 2 N–H and O–H groups in total. The quantitative estimate of drug-likeness (QED) is 0.235.